The summed E-state index contributed by atoms with van der Waals surface area (Å²) in [7, 11) is 0. The number of aromatic nitrogens is 4. The molecule has 3 aromatic rings. The minimum Gasteiger partial charge on any atom is -0.367 e. The highest BCUT2D eigenvalue weighted by Gasteiger charge is 2.33. The van der Waals surface area contributed by atoms with E-state index < -0.39 is 0 Å². The van der Waals surface area contributed by atoms with E-state index in [0.717, 1.165) is 37.6 Å². The van der Waals surface area contributed by atoms with E-state index in [0.29, 0.717) is 5.69 Å². The quantitative estimate of drug-likeness (QED) is 0.678. The Morgan fingerprint density at radius 1 is 0.897 bits per heavy atom. The van der Waals surface area contributed by atoms with Crippen molar-refractivity contribution in [2.75, 3.05) is 31.1 Å². The van der Waals surface area contributed by atoms with Gasteiger partial charge in [-0.2, -0.15) is 0 Å². The van der Waals surface area contributed by atoms with Crippen molar-refractivity contribution in [2.24, 2.45) is 0 Å². The van der Waals surface area contributed by atoms with Crippen LogP contribution in [0.25, 0.3) is 0 Å². The molecule has 1 atom stereocenters. The van der Waals surface area contributed by atoms with E-state index in [9.17, 15) is 4.39 Å². The number of hydrogen-bond acceptors (Lipinski definition) is 5. The predicted molar refractivity (Wildman–Crippen MR) is 111 cm³/mol. The van der Waals surface area contributed by atoms with Gasteiger partial charge in [-0.3, -0.25) is 4.90 Å². The van der Waals surface area contributed by atoms with Gasteiger partial charge in [-0.15, -0.1) is 5.10 Å². The van der Waals surface area contributed by atoms with E-state index in [4.69, 9.17) is 0 Å². The highest BCUT2D eigenvalue weighted by atomic mass is 19.1. The van der Waals surface area contributed by atoms with Crippen LogP contribution in [0.1, 0.15) is 38.2 Å². The molecule has 7 heteroatoms. The van der Waals surface area contributed by atoms with E-state index in [1.807, 2.05) is 35.0 Å². The van der Waals surface area contributed by atoms with Gasteiger partial charge in [0.2, 0.25) is 0 Å². The number of nitrogens with zero attached hydrogens (tertiary/aromatic N) is 6. The van der Waals surface area contributed by atoms with Gasteiger partial charge in [0.15, 0.2) is 5.82 Å². The molecule has 1 aromatic heterocycles. The monoisotopic (exact) mass is 394 g/mol. The maximum Gasteiger partial charge on any atom is 0.173 e. The van der Waals surface area contributed by atoms with Crippen LogP contribution in [-0.2, 0) is 5.54 Å². The van der Waals surface area contributed by atoms with Gasteiger partial charge < -0.3 is 4.90 Å². The van der Waals surface area contributed by atoms with Crippen molar-refractivity contribution < 1.29 is 4.39 Å². The molecule has 0 aliphatic carbocycles. The minimum absolute atomic E-state index is 0.0480. The van der Waals surface area contributed by atoms with Crippen LogP contribution in [-0.4, -0.2) is 51.3 Å². The van der Waals surface area contributed by atoms with E-state index >= 15 is 0 Å². The lowest BCUT2D eigenvalue weighted by Gasteiger charge is -2.40. The van der Waals surface area contributed by atoms with Crippen molar-refractivity contribution in [2.45, 2.75) is 32.4 Å². The molecule has 0 radical (unpaired) electrons. The number of para-hydroxylation sites is 1. The van der Waals surface area contributed by atoms with E-state index in [2.05, 4.69) is 58.2 Å². The molecule has 0 bridgehead atoms. The summed E-state index contributed by atoms with van der Waals surface area (Å²) in [4.78, 5) is 4.50. The second-order valence-electron chi connectivity index (χ2n) is 8.41. The zero-order valence-electron chi connectivity index (χ0n) is 17.2. The van der Waals surface area contributed by atoms with Crippen LogP contribution in [0.3, 0.4) is 0 Å². The number of halogens is 1. The highest BCUT2D eigenvalue weighted by Crippen LogP contribution is 2.31. The van der Waals surface area contributed by atoms with Crippen LogP contribution < -0.4 is 4.90 Å². The first kappa shape index (κ1) is 19.5. The first-order valence-corrected chi connectivity index (χ1v) is 10.0. The van der Waals surface area contributed by atoms with E-state index in [-0.39, 0.29) is 17.4 Å². The largest absolute Gasteiger partial charge is 0.367 e. The van der Waals surface area contributed by atoms with Crippen molar-refractivity contribution in [3.05, 3.63) is 71.8 Å². The molecule has 2 heterocycles. The Morgan fingerprint density at radius 3 is 2.21 bits per heavy atom. The van der Waals surface area contributed by atoms with Crippen molar-refractivity contribution in [1.82, 2.24) is 25.1 Å². The molecular formula is C22H27FN6. The number of rotatable bonds is 4. The average Bonchev–Trinajstić information content (AvgIpc) is 3.20. The fourth-order valence-electron chi connectivity index (χ4n) is 3.93. The van der Waals surface area contributed by atoms with Crippen LogP contribution in [0.15, 0.2) is 54.6 Å². The van der Waals surface area contributed by atoms with E-state index in [1.54, 1.807) is 6.07 Å². The lowest BCUT2D eigenvalue weighted by molar-refractivity contribution is 0.191. The van der Waals surface area contributed by atoms with Gasteiger partial charge in [0.25, 0.3) is 0 Å². The molecule has 0 amide bonds. The summed E-state index contributed by atoms with van der Waals surface area (Å²) >= 11 is 0. The zero-order chi connectivity index (χ0) is 20.4. The van der Waals surface area contributed by atoms with Crippen molar-refractivity contribution >= 4 is 5.69 Å². The van der Waals surface area contributed by atoms with Gasteiger partial charge >= 0.3 is 0 Å². The molecule has 1 fully saturated rings. The summed E-state index contributed by atoms with van der Waals surface area (Å²) in [6.45, 7) is 9.40. The Labute approximate surface area is 170 Å². The molecule has 4 rings (SSSR count). The van der Waals surface area contributed by atoms with Gasteiger partial charge in [0.1, 0.15) is 5.82 Å². The number of hydrogen-bond donors (Lipinski definition) is 0. The van der Waals surface area contributed by atoms with Crippen LogP contribution in [0.2, 0.25) is 0 Å². The number of anilines is 1. The molecule has 1 aliphatic heterocycles. The molecule has 152 valence electrons. The smallest absolute Gasteiger partial charge is 0.173 e. The molecule has 1 saturated heterocycles. The van der Waals surface area contributed by atoms with Gasteiger partial charge in [-0.05, 0) is 48.9 Å². The Kier molecular flexibility index (Phi) is 5.32. The summed E-state index contributed by atoms with van der Waals surface area (Å²) in [6, 6.07) is 17.3. The standard InChI is InChI=1S/C22H27FN6/c1-22(2,3)29-21(24-25-26-29)20(17-9-5-4-6-10-17)28-15-13-27(14-16-28)19-12-8-7-11-18(19)23/h4-12,20H,13-16H2,1-3H3/t20-/m1/s1. The third kappa shape index (κ3) is 4.00. The summed E-state index contributed by atoms with van der Waals surface area (Å²) in [5.41, 5.74) is 1.61. The fraction of sp³-hybridized carbons (Fsp3) is 0.409. The Morgan fingerprint density at radius 2 is 1.55 bits per heavy atom. The second-order valence-corrected chi connectivity index (χ2v) is 8.41. The molecule has 2 aromatic carbocycles. The van der Waals surface area contributed by atoms with Gasteiger partial charge in [0, 0.05) is 26.2 Å². The van der Waals surface area contributed by atoms with Crippen molar-refractivity contribution in [3.8, 4) is 0 Å². The molecule has 0 unspecified atom stereocenters. The third-order valence-electron chi connectivity index (χ3n) is 5.36. The topological polar surface area (TPSA) is 50.1 Å². The SMILES string of the molecule is CC(C)(C)n1nnnc1[C@@H](c1ccccc1)N1CCN(c2ccccc2F)CC1. The summed E-state index contributed by atoms with van der Waals surface area (Å²) in [5, 5.41) is 12.7. The Hall–Kier alpha value is -2.80. The lowest BCUT2D eigenvalue weighted by atomic mass is 10.0. The van der Waals surface area contributed by atoms with E-state index in [1.165, 1.54) is 6.07 Å². The summed E-state index contributed by atoms with van der Waals surface area (Å²) < 4.78 is 16.1. The normalized spacial score (nSPS) is 16.8. The Balaban J connectivity index is 1.63. The molecule has 0 N–H and O–H groups in total. The first-order valence-electron chi connectivity index (χ1n) is 10.0. The molecule has 1 aliphatic rings. The third-order valence-corrected chi connectivity index (χ3v) is 5.36. The summed E-state index contributed by atoms with van der Waals surface area (Å²) in [5.74, 6) is 0.667. The summed E-state index contributed by atoms with van der Waals surface area (Å²) in [6.07, 6.45) is 0. The lowest BCUT2D eigenvalue weighted by Crippen LogP contribution is -2.49. The zero-order valence-corrected chi connectivity index (χ0v) is 17.2. The van der Waals surface area contributed by atoms with Gasteiger partial charge in [-0.1, -0.05) is 42.5 Å². The minimum atomic E-state index is -0.221. The number of piperazine rings is 1. The fourth-order valence-corrected chi connectivity index (χ4v) is 3.93. The van der Waals surface area contributed by atoms with Gasteiger partial charge in [0.05, 0.1) is 17.3 Å². The molecule has 29 heavy (non-hydrogen) atoms. The first-order chi connectivity index (χ1) is 13.9. The van der Waals surface area contributed by atoms with Crippen LogP contribution in [0, 0.1) is 5.82 Å². The van der Waals surface area contributed by atoms with Crippen molar-refractivity contribution in [1.29, 1.82) is 0 Å². The maximum atomic E-state index is 14.2. The van der Waals surface area contributed by atoms with Crippen molar-refractivity contribution in [3.63, 3.8) is 0 Å². The molecule has 6 nitrogen and oxygen atoms in total. The number of tetrazole rings is 1. The highest BCUT2D eigenvalue weighted by molar-refractivity contribution is 5.48. The molecular weight excluding hydrogens is 367 g/mol. The van der Waals surface area contributed by atoms with Crippen LogP contribution >= 0.6 is 0 Å². The maximum absolute atomic E-state index is 14.2. The Bertz CT molecular complexity index is 941. The second kappa shape index (κ2) is 7.91. The average molecular weight is 394 g/mol. The van der Waals surface area contributed by atoms with Crippen LogP contribution in [0.4, 0.5) is 10.1 Å². The number of benzene rings is 2. The van der Waals surface area contributed by atoms with Crippen LogP contribution in [0.5, 0.6) is 0 Å². The molecule has 0 saturated carbocycles. The van der Waals surface area contributed by atoms with Gasteiger partial charge in [-0.25, -0.2) is 9.07 Å². The molecule has 0 spiro atoms. The predicted octanol–water partition coefficient (Wildman–Crippen LogP) is 3.48.